The van der Waals surface area contributed by atoms with Gasteiger partial charge in [0.1, 0.15) is 11.8 Å². The number of anilines is 4. The number of nitrogens with two attached hydrogens (primary N) is 1. The number of aromatic nitrogens is 6. The summed E-state index contributed by atoms with van der Waals surface area (Å²) in [7, 11) is 1.89. The molecule has 0 saturated heterocycles. The Balaban J connectivity index is 1.66. The van der Waals surface area contributed by atoms with Crippen molar-refractivity contribution in [3.05, 3.63) is 42.5 Å². The van der Waals surface area contributed by atoms with E-state index in [-0.39, 0.29) is 5.41 Å². The lowest BCUT2D eigenvalue weighted by Gasteiger charge is -2.20. The van der Waals surface area contributed by atoms with Gasteiger partial charge in [-0.25, -0.2) is 15.0 Å². The molecule has 31 heavy (non-hydrogen) atoms. The zero-order valence-corrected chi connectivity index (χ0v) is 18.4. The molecule has 0 aliphatic carbocycles. The Morgan fingerprint density at radius 1 is 1.13 bits per heavy atom. The Bertz CT molecular complexity index is 1240. The lowest BCUT2D eigenvalue weighted by atomic mass is 9.97. The Kier molecular flexibility index (Phi) is 5.18. The van der Waals surface area contributed by atoms with Gasteiger partial charge in [-0.15, -0.1) is 10.2 Å². The van der Waals surface area contributed by atoms with E-state index >= 15 is 0 Å². The van der Waals surface area contributed by atoms with Crippen LogP contribution in [-0.4, -0.2) is 36.3 Å². The molecule has 1 aromatic carbocycles. The summed E-state index contributed by atoms with van der Waals surface area (Å²) in [5.41, 5.74) is 10.2. The van der Waals surface area contributed by atoms with Crippen LogP contribution in [0.4, 0.5) is 23.1 Å². The highest BCUT2D eigenvalue weighted by Gasteiger charge is 2.15. The smallest absolute Gasteiger partial charge is 0.228 e. The van der Waals surface area contributed by atoms with E-state index in [1.165, 1.54) is 0 Å². The number of nitrogens with zero attached hydrogens (tertiary/aromatic N) is 6. The van der Waals surface area contributed by atoms with Gasteiger partial charge < -0.3 is 20.9 Å². The number of benzene rings is 1. The lowest BCUT2D eigenvalue weighted by molar-refractivity contribution is 0.442. The van der Waals surface area contributed by atoms with E-state index in [9.17, 15) is 0 Å². The summed E-state index contributed by atoms with van der Waals surface area (Å²) in [6.07, 6.45) is 3.43. The second-order valence-corrected chi connectivity index (χ2v) is 8.80. The summed E-state index contributed by atoms with van der Waals surface area (Å²) in [5, 5.41) is 15.7. The highest BCUT2D eigenvalue weighted by molar-refractivity contribution is 5.90. The molecule has 0 amide bonds. The van der Waals surface area contributed by atoms with Crippen LogP contribution in [0, 0.1) is 12.3 Å². The van der Waals surface area contributed by atoms with Crippen LogP contribution in [0.2, 0.25) is 0 Å². The van der Waals surface area contributed by atoms with Crippen LogP contribution in [0.25, 0.3) is 22.3 Å². The molecule has 9 nitrogen and oxygen atoms in total. The lowest BCUT2D eigenvalue weighted by Crippen LogP contribution is -2.20. The maximum atomic E-state index is 6.30. The minimum absolute atomic E-state index is 0.117. The molecule has 0 aliphatic heterocycles. The van der Waals surface area contributed by atoms with Gasteiger partial charge in [0.2, 0.25) is 5.95 Å². The molecule has 0 saturated carbocycles. The Morgan fingerprint density at radius 2 is 1.94 bits per heavy atom. The molecule has 3 aromatic heterocycles. The monoisotopic (exact) mass is 417 g/mol. The molecule has 4 aromatic rings. The van der Waals surface area contributed by atoms with Crippen LogP contribution in [0.5, 0.6) is 0 Å². The van der Waals surface area contributed by atoms with E-state index in [0.717, 1.165) is 46.0 Å². The van der Waals surface area contributed by atoms with Crippen molar-refractivity contribution in [1.82, 2.24) is 29.7 Å². The van der Waals surface area contributed by atoms with Crippen molar-refractivity contribution in [2.24, 2.45) is 12.5 Å². The Morgan fingerprint density at radius 3 is 2.61 bits per heavy atom. The molecule has 0 bridgehead atoms. The van der Waals surface area contributed by atoms with E-state index in [4.69, 9.17) is 10.7 Å². The van der Waals surface area contributed by atoms with Gasteiger partial charge in [-0.2, -0.15) is 0 Å². The number of hydrogen-bond acceptors (Lipinski definition) is 8. The first kappa shape index (κ1) is 20.5. The zero-order chi connectivity index (χ0) is 22.2. The molecule has 0 atom stereocenters. The molecular weight excluding hydrogens is 390 g/mol. The number of hydrogen-bond donors (Lipinski definition) is 3. The Labute approximate surface area is 181 Å². The van der Waals surface area contributed by atoms with E-state index in [1.807, 2.05) is 42.8 Å². The molecule has 0 radical (unpaired) electrons. The maximum Gasteiger partial charge on any atom is 0.228 e. The summed E-state index contributed by atoms with van der Waals surface area (Å²) >= 11 is 0. The highest BCUT2D eigenvalue weighted by Crippen LogP contribution is 2.29. The van der Waals surface area contributed by atoms with Crippen LogP contribution in [0.15, 0.2) is 36.8 Å². The third-order valence-corrected chi connectivity index (χ3v) is 4.86. The number of nitrogen functional groups attached to an aromatic ring is 1. The summed E-state index contributed by atoms with van der Waals surface area (Å²) in [6.45, 7) is 9.26. The van der Waals surface area contributed by atoms with Gasteiger partial charge in [0.05, 0.1) is 17.1 Å². The molecule has 4 N–H and O–H groups in total. The predicted molar refractivity (Wildman–Crippen MR) is 124 cm³/mol. The second kappa shape index (κ2) is 7.82. The van der Waals surface area contributed by atoms with Crippen molar-refractivity contribution in [3.63, 3.8) is 0 Å². The fourth-order valence-corrected chi connectivity index (χ4v) is 3.22. The topological polar surface area (TPSA) is 119 Å². The predicted octanol–water partition coefficient (Wildman–Crippen LogP) is 3.91. The van der Waals surface area contributed by atoms with Crippen LogP contribution < -0.4 is 16.4 Å². The molecule has 3 heterocycles. The summed E-state index contributed by atoms with van der Waals surface area (Å²) in [5.74, 6) is 1.96. The van der Waals surface area contributed by atoms with Crippen molar-refractivity contribution in [1.29, 1.82) is 0 Å². The van der Waals surface area contributed by atoms with Gasteiger partial charge in [0.25, 0.3) is 0 Å². The first-order chi connectivity index (χ1) is 14.7. The quantitative estimate of drug-likeness (QED) is 0.418. The molecule has 9 heteroatoms. The van der Waals surface area contributed by atoms with Gasteiger partial charge >= 0.3 is 0 Å². The molecule has 4 rings (SSSR count). The third kappa shape index (κ3) is 4.40. The first-order valence-corrected chi connectivity index (χ1v) is 10.1. The molecular formula is C22H27N9. The Hall–Kier alpha value is -3.75. The van der Waals surface area contributed by atoms with Gasteiger partial charge in [-0.1, -0.05) is 20.8 Å². The fraction of sp³-hybridized carbons (Fsp3) is 0.318. The van der Waals surface area contributed by atoms with Crippen molar-refractivity contribution < 1.29 is 0 Å². The molecule has 160 valence electrons. The number of nitrogens with one attached hydrogen (secondary N) is 2. The third-order valence-electron chi connectivity index (χ3n) is 4.86. The standard InChI is InChI=1S/C22H27N9/c1-13-15-8-9-24-19(25-11-22(2,3)4)18(15)29-21(27-13)28-17-7-6-14(10-16(17)23)20-30-26-12-31(20)5/h6-10,12H,11,23H2,1-5H3,(H,24,25)(H,27,28,29). The SMILES string of the molecule is Cc1nc(Nc2ccc(-c3nncn3C)cc2N)nc2c(NCC(C)(C)C)nccc12. The van der Waals surface area contributed by atoms with E-state index in [0.29, 0.717) is 11.6 Å². The average Bonchev–Trinajstić information content (AvgIpc) is 3.13. The summed E-state index contributed by atoms with van der Waals surface area (Å²) < 4.78 is 1.84. The number of fused-ring (bicyclic) bond motifs is 1. The van der Waals surface area contributed by atoms with Crippen molar-refractivity contribution >= 4 is 34.0 Å². The highest BCUT2D eigenvalue weighted by atomic mass is 15.2. The molecule has 0 spiro atoms. The fourth-order valence-electron chi connectivity index (χ4n) is 3.22. The number of pyridine rings is 1. The minimum atomic E-state index is 0.117. The van der Waals surface area contributed by atoms with Gasteiger partial charge in [-0.3, -0.25) is 0 Å². The minimum Gasteiger partial charge on any atom is -0.397 e. The first-order valence-electron chi connectivity index (χ1n) is 10.1. The van der Waals surface area contributed by atoms with Crippen molar-refractivity contribution in [2.75, 3.05) is 22.9 Å². The van der Waals surface area contributed by atoms with Crippen molar-refractivity contribution in [3.8, 4) is 11.4 Å². The molecule has 0 aliphatic rings. The van der Waals surface area contributed by atoms with Crippen LogP contribution in [0.1, 0.15) is 26.5 Å². The largest absolute Gasteiger partial charge is 0.397 e. The van der Waals surface area contributed by atoms with Crippen LogP contribution in [0.3, 0.4) is 0 Å². The van der Waals surface area contributed by atoms with Gasteiger partial charge in [0.15, 0.2) is 11.6 Å². The molecule has 0 unspecified atom stereocenters. The zero-order valence-electron chi connectivity index (χ0n) is 18.4. The average molecular weight is 418 g/mol. The van der Waals surface area contributed by atoms with E-state index in [1.54, 1.807) is 12.5 Å². The normalized spacial score (nSPS) is 11.6. The van der Waals surface area contributed by atoms with Crippen LogP contribution >= 0.6 is 0 Å². The van der Waals surface area contributed by atoms with Crippen LogP contribution in [-0.2, 0) is 7.05 Å². The van der Waals surface area contributed by atoms with E-state index < -0.39 is 0 Å². The number of aryl methyl sites for hydroxylation is 2. The summed E-state index contributed by atoms with van der Waals surface area (Å²) in [4.78, 5) is 13.8. The summed E-state index contributed by atoms with van der Waals surface area (Å²) in [6, 6.07) is 7.62. The maximum absolute atomic E-state index is 6.30. The van der Waals surface area contributed by atoms with E-state index in [2.05, 4.69) is 51.6 Å². The van der Waals surface area contributed by atoms with Gasteiger partial charge in [0, 0.05) is 30.7 Å². The number of rotatable bonds is 5. The van der Waals surface area contributed by atoms with Gasteiger partial charge in [-0.05, 0) is 36.6 Å². The van der Waals surface area contributed by atoms with Crippen molar-refractivity contribution in [2.45, 2.75) is 27.7 Å². The molecule has 0 fully saturated rings. The second-order valence-electron chi connectivity index (χ2n) is 8.80.